The maximum atomic E-state index is 14.1. The minimum Gasteiger partial charge on any atom is -0.331 e. The van der Waals surface area contributed by atoms with Gasteiger partial charge in [0.1, 0.15) is 0 Å². The van der Waals surface area contributed by atoms with Gasteiger partial charge in [0.05, 0.1) is 12.6 Å². The van der Waals surface area contributed by atoms with E-state index in [1.54, 1.807) is 24.1 Å². The number of benzene rings is 4. The molecular formula is C38H41N7O2. The molecule has 0 spiro atoms. The molecule has 9 heteroatoms. The van der Waals surface area contributed by atoms with Gasteiger partial charge in [-0.25, -0.2) is 4.79 Å². The van der Waals surface area contributed by atoms with Gasteiger partial charge in [0.2, 0.25) is 5.96 Å². The highest BCUT2D eigenvalue weighted by Gasteiger charge is 2.21. The number of hydrogen-bond acceptors (Lipinski definition) is 4. The molecule has 9 nitrogen and oxygen atoms in total. The van der Waals surface area contributed by atoms with Crippen LogP contribution in [0.15, 0.2) is 113 Å². The molecule has 0 bridgehead atoms. The third-order valence-electron chi connectivity index (χ3n) is 8.22. The first-order chi connectivity index (χ1) is 22.8. The summed E-state index contributed by atoms with van der Waals surface area (Å²) in [6.07, 6.45) is 6.91. The van der Waals surface area contributed by atoms with Crippen LogP contribution in [0, 0.1) is 12.3 Å². The summed E-state index contributed by atoms with van der Waals surface area (Å²) in [4.78, 5) is 28.4. The number of nitrogens with one attached hydrogen (secondary N) is 4. The lowest BCUT2D eigenvalue weighted by Gasteiger charge is -2.27. The zero-order valence-electron chi connectivity index (χ0n) is 27.1. The lowest BCUT2D eigenvalue weighted by molar-refractivity contribution is 0.0976. The number of urea groups is 1. The summed E-state index contributed by atoms with van der Waals surface area (Å²) in [5, 5.41) is 20.4. The Morgan fingerprint density at radius 2 is 1.68 bits per heavy atom. The fourth-order valence-electron chi connectivity index (χ4n) is 5.78. The number of aryl methyl sites for hydroxylation is 1. The summed E-state index contributed by atoms with van der Waals surface area (Å²) < 4.78 is 0. The summed E-state index contributed by atoms with van der Waals surface area (Å²) in [5.41, 5.74) is 11.3. The minimum atomic E-state index is -0.472. The Balaban J connectivity index is 1.39. The third kappa shape index (κ3) is 8.58. The van der Waals surface area contributed by atoms with Crippen LogP contribution in [0.3, 0.4) is 0 Å². The van der Waals surface area contributed by atoms with Gasteiger partial charge in [0.25, 0.3) is 5.91 Å². The molecule has 3 amide bonds. The molecule has 4 N–H and O–H groups in total. The number of hydrogen-bond donors (Lipinski definition) is 4. The first-order valence-corrected chi connectivity index (χ1v) is 15.9. The second-order valence-corrected chi connectivity index (χ2v) is 11.7. The van der Waals surface area contributed by atoms with E-state index >= 15 is 0 Å². The van der Waals surface area contributed by atoms with Crippen molar-refractivity contribution in [3.05, 3.63) is 131 Å². The first kappa shape index (κ1) is 32.8. The van der Waals surface area contributed by atoms with Gasteiger partial charge < -0.3 is 5.32 Å². The van der Waals surface area contributed by atoms with Crippen molar-refractivity contribution in [1.29, 1.82) is 5.41 Å². The Morgan fingerprint density at radius 1 is 0.915 bits per heavy atom. The van der Waals surface area contributed by atoms with Crippen molar-refractivity contribution in [2.45, 2.75) is 52.1 Å². The molecule has 5 rings (SSSR count). The molecular weight excluding hydrogens is 586 g/mol. The lowest BCUT2D eigenvalue weighted by Crippen LogP contribution is -2.41. The van der Waals surface area contributed by atoms with E-state index in [9.17, 15) is 9.59 Å². The van der Waals surface area contributed by atoms with E-state index in [4.69, 9.17) is 5.41 Å². The van der Waals surface area contributed by atoms with Gasteiger partial charge in [0, 0.05) is 18.3 Å². The Labute approximate surface area is 276 Å². The lowest BCUT2D eigenvalue weighted by atomic mass is 9.93. The standard InChI is InChI=1S/C38H41N7O2/c1-26-10-9-13-32(24-26)35-15-8-7-14-34(35)27(2)41-38(47)45(33-22-20-30(21-23-33)29-11-5-4-6-12-29)25-28-16-18-31(19-17-28)36(46)42-37(39)43-44-40-3/h7-11,13-24,27H,4-6,12,25H2,1-3H3,(H,41,47)(H3,39,40,42,43,46). The number of nitrogens with zero attached hydrogens (tertiary/aromatic N) is 3. The summed E-state index contributed by atoms with van der Waals surface area (Å²) in [6.45, 7) is 4.37. The maximum absolute atomic E-state index is 14.1. The molecule has 1 aliphatic carbocycles. The minimum absolute atomic E-state index is 0.230. The summed E-state index contributed by atoms with van der Waals surface area (Å²) in [5.74, 6) is -0.846. The normalized spacial score (nSPS) is 13.4. The second kappa shape index (κ2) is 15.6. The number of guanidine groups is 1. The van der Waals surface area contributed by atoms with Crippen molar-refractivity contribution < 1.29 is 9.59 Å². The number of rotatable bonds is 9. The molecule has 240 valence electrons. The number of anilines is 1. The summed E-state index contributed by atoms with van der Waals surface area (Å²) in [7, 11) is 1.55. The van der Waals surface area contributed by atoms with Crippen LogP contribution in [0.4, 0.5) is 10.5 Å². The van der Waals surface area contributed by atoms with Crippen LogP contribution in [0.5, 0.6) is 0 Å². The van der Waals surface area contributed by atoms with E-state index in [0.29, 0.717) is 5.56 Å². The van der Waals surface area contributed by atoms with Crippen LogP contribution in [0.25, 0.3) is 16.7 Å². The van der Waals surface area contributed by atoms with Crippen LogP contribution < -0.4 is 21.0 Å². The van der Waals surface area contributed by atoms with Gasteiger partial charge >= 0.3 is 6.03 Å². The quantitative estimate of drug-likeness (QED) is 0.0646. The van der Waals surface area contributed by atoms with E-state index in [1.165, 1.54) is 29.5 Å². The third-order valence-corrected chi connectivity index (χ3v) is 8.22. The van der Waals surface area contributed by atoms with Gasteiger partial charge in [-0.15, -0.1) is 0 Å². The van der Waals surface area contributed by atoms with Crippen molar-refractivity contribution in [2.75, 3.05) is 11.9 Å². The fourth-order valence-corrected chi connectivity index (χ4v) is 5.78. The van der Waals surface area contributed by atoms with Crippen LogP contribution in [0.2, 0.25) is 0 Å². The molecule has 0 aromatic heterocycles. The predicted molar refractivity (Wildman–Crippen MR) is 188 cm³/mol. The maximum Gasteiger partial charge on any atom is 0.322 e. The molecule has 0 saturated heterocycles. The Kier molecular flexibility index (Phi) is 10.9. The first-order valence-electron chi connectivity index (χ1n) is 15.9. The molecule has 0 saturated carbocycles. The number of carbonyl (C=O) groups is 2. The molecule has 47 heavy (non-hydrogen) atoms. The van der Waals surface area contributed by atoms with E-state index in [2.05, 4.69) is 81.9 Å². The molecule has 1 aliphatic rings. The van der Waals surface area contributed by atoms with Crippen molar-refractivity contribution in [3.63, 3.8) is 0 Å². The highest BCUT2D eigenvalue weighted by atomic mass is 16.2. The molecule has 0 heterocycles. The number of allylic oxidation sites excluding steroid dienone is 2. The molecule has 1 unspecified atom stereocenters. The van der Waals surface area contributed by atoms with E-state index in [1.807, 2.05) is 49.4 Å². The average Bonchev–Trinajstić information content (AvgIpc) is 3.10. The van der Waals surface area contributed by atoms with Crippen LogP contribution in [-0.4, -0.2) is 24.9 Å². The summed E-state index contributed by atoms with van der Waals surface area (Å²) >= 11 is 0. The molecule has 1 atom stereocenters. The van der Waals surface area contributed by atoms with E-state index < -0.39 is 5.91 Å². The van der Waals surface area contributed by atoms with Gasteiger partial charge in [-0.2, -0.15) is 0 Å². The molecule has 0 aliphatic heterocycles. The largest absolute Gasteiger partial charge is 0.331 e. The fraction of sp³-hybridized carbons (Fsp3) is 0.237. The smallest absolute Gasteiger partial charge is 0.322 e. The molecule has 4 aromatic carbocycles. The van der Waals surface area contributed by atoms with Crippen molar-refractivity contribution >= 4 is 29.2 Å². The average molecular weight is 628 g/mol. The topological polar surface area (TPSA) is 122 Å². The van der Waals surface area contributed by atoms with E-state index in [-0.39, 0.29) is 24.6 Å². The Hall–Kier alpha value is -5.57. The monoisotopic (exact) mass is 627 g/mol. The van der Waals surface area contributed by atoms with E-state index in [0.717, 1.165) is 40.8 Å². The number of carbonyl (C=O) groups excluding carboxylic acids is 2. The highest BCUT2D eigenvalue weighted by molar-refractivity contribution is 6.05. The van der Waals surface area contributed by atoms with Crippen molar-refractivity contribution in [1.82, 2.24) is 16.1 Å². The Morgan fingerprint density at radius 3 is 2.38 bits per heavy atom. The predicted octanol–water partition coefficient (Wildman–Crippen LogP) is 8.35. The van der Waals surface area contributed by atoms with Gasteiger partial charge in [0.15, 0.2) is 0 Å². The molecule has 4 aromatic rings. The zero-order chi connectivity index (χ0) is 33.2. The van der Waals surface area contributed by atoms with Crippen LogP contribution in [0.1, 0.15) is 71.3 Å². The zero-order valence-corrected chi connectivity index (χ0v) is 27.1. The van der Waals surface area contributed by atoms with Crippen molar-refractivity contribution in [3.8, 4) is 11.1 Å². The Bertz CT molecular complexity index is 1780. The SMILES string of the molecule is CN/N=N\C(=N)NC(=O)c1ccc(CN(C(=O)NC(C)c2ccccc2-c2cccc(C)c2)c2ccc(C3=CCCCC3)cc2)cc1. The van der Waals surface area contributed by atoms with Gasteiger partial charge in [-0.05, 0) is 97.2 Å². The van der Waals surface area contributed by atoms with Crippen LogP contribution in [-0.2, 0) is 6.54 Å². The van der Waals surface area contributed by atoms with Crippen molar-refractivity contribution in [2.24, 2.45) is 10.3 Å². The summed E-state index contributed by atoms with van der Waals surface area (Å²) in [6, 6.07) is 31.2. The highest BCUT2D eigenvalue weighted by Crippen LogP contribution is 2.31. The number of amides is 3. The van der Waals surface area contributed by atoms with Gasteiger partial charge in [-0.1, -0.05) is 94.8 Å². The van der Waals surface area contributed by atoms with Crippen LogP contribution >= 0.6 is 0 Å². The molecule has 0 fully saturated rings. The molecule has 0 radical (unpaired) electrons. The van der Waals surface area contributed by atoms with Gasteiger partial charge in [-0.3, -0.25) is 25.8 Å². The second-order valence-electron chi connectivity index (χ2n) is 11.7.